The molecule has 29 heavy (non-hydrogen) atoms. The summed E-state index contributed by atoms with van der Waals surface area (Å²) in [6.45, 7) is 5.99. The zero-order chi connectivity index (χ0) is 20.1. The number of nitrogens with zero attached hydrogens (tertiary/aromatic N) is 2. The van der Waals surface area contributed by atoms with E-state index in [0.29, 0.717) is 12.3 Å². The molecule has 0 spiro atoms. The summed E-state index contributed by atoms with van der Waals surface area (Å²) in [5, 5.41) is 7.26. The minimum atomic E-state index is 0.0393. The van der Waals surface area contributed by atoms with Crippen molar-refractivity contribution in [2.75, 3.05) is 38.6 Å². The van der Waals surface area contributed by atoms with Crippen LogP contribution in [0.25, 0.3) is 10.9 Å². The number of hydrogen-bond acceptors (Lipinski definition) is 6. The Labute approximate surface area is 179 Å². The second-order valence-electron chi connectivity index (χ2n) is 7.07. The minimum absolute atomic E-state index is 0.0393. The van der Waals surface area contributed by atoms with Crippen molar-refractivity contribution in [2.45, 2.75) is 18.0 Å². The first-order chi connectivity index (χ1) is 14.2. The van der Waals surface area contributed by atoms with Crippen LogP contribution in [0.4, 0.5) is 0 Å². The van der Waals surface area contributed by atoms with Crippen molar-refractivity contribution < 1.29 is 9.53 Å². The van der Waals surface area contributed by atoms with Crippen molar-refractivity contribution in [3.05, 3.63) is 58.3 Å². The SMILES string of the molecule is Cc1cc(SCC(=O)NC[C@H](c2cccs2)N2CCOCC2)nc2ccccc12. The molecule has 0 aliphatic carbocycles. The zero-order valence-electron chi connectivity index (χ0n) is 16.5. The van der Waals surface area contributed by atoms with E-state index in [1.54, 1.807) is 11.3 Å². The second-order valence-corrected chi connectivity index (χ2v) is 9.04. The molecule has 1 aliphatic heterocycles. The van der Waals surface area contributed by atoms with Gasteiger partial charge in [-0.1, -0.05) is 36.0 Å². The molecule has 1 atom stereocenters. The second kappa shape index (κ2) is 9.71. The van der Waals surface area contributed by atoms with Crippen LogP contribution in [0.2, 0.25) is 0 Å². The highest BCUT2D eigenvalue weighted by molar-refractivity contribution is 7.99. The Kier molecular flexibility index (Phi) is 6.82. The molecule has 0 saturated carbocycles. The highest BCUT2D eigenvalue weighted by Crippen LogP contribution is 2.26. The number of thioether (sulfide) groups is 1. The van der Waals surface area contributed by atoms with Gasteiger partial charge in [-0.05, 0) is 36.1 Å². The van der Waals surface area contributed by atoms with Crippen molar-refractivity contribution in [1.82, 2.24) is 15.2 Å². The predicted molar refractivity (Wildman–Crippen MR) is 120 cm³/mol. The average Bonchev–Trinajstić information content (AvgIpc) is 3.28. The van der Waals surface area contributed by atoms with Gasteiger partial charge in [0.1, 0.15) is 0 Å². The standard InChI is InChI=1S/C22H25N3O2S2/c1-16-13-22(24-18-6-3-2-5-17(16)18)29-15-21(26)23-14-19(20-7-4-12-28-20)25-8-10-27-11-9-25/h2-7,12-13,19H,8-11,14-15H2,1H3,(H,23,26)/t19-/m1/s1. The molecule has 0 radical (unpaired) electrons. The largest absolute Gasteiger partial charge is 0.379 e. The average molecular weight is 428 g/mol. The summed E-state index contributed by atoms with van der Waals surface area (Å²) in [7, 11) is 0. The lowest BCUT2D eigenvalue weighted by Crippen LogP contribution is -2.43. The van der Waals surface area contributed by atoms with Crippen LogP contribution in [0, 0.1) is 6.92 Å². The normalized spacial score (nSPS) is 16.0. The molecule has 3 heterocycles. The molecule has 5 nitrogen and oxygen atoms in total. The molecule has 1 amide bonds. The van der Waals surface area contributed by atoms with E-state index in [0.717, 1.165) is 42.2 Å². The van der Waals surface area contributed by atoms with E-state index in [1.807, 2.05) is 18.2 Å². The van der Waals surface area contributed by atoms with Gasteiger partial charge in [-0.2, -0.15) is 0 Å². The van der Waals surface area contributed by atoms with Gasteiger partial charge in [0.15, 0.2) is 0 Å². The summed E-state index contributed by atoms with van der Waals surface area (Å²) in [5.41, 5.74) is 2.16. The van der Waals surface area contributed by atoms with Crippen LogP contribution in [0.1, 0.15) is 16.5 Å². The number of nitrogens with one attached hydrogen (secondary N) is 1. The molecule has 1 aliphatic rings. The van der Waals surface area contributed by atoms with Gasteiger partial charge in [0.2, 0.25) is 5.91 Å². The summed E-state index contributed by atoms with van der Waals surface area (Å²) < 4.78 is 5.48. The minimum Gasteiger partial charge on any atom is -0.379 e. The van der Waals surface area contributed by atoms with Crippen LogP contribution in [-0.2, 0) is 9.53 Å². The molecule has 1 saturated heterocycles. The molecule has 0 bridgehead atoms. The van der Waals surface area contributed by atoms with Gasteiger partial charge in [0, 0.05) is 29.9 Å². The maximum atomic E-state index is 12.5. The van der Waals surface area contributed by atoms with Gasteiger partial charge >= 0.3 is 0 Å². The maximum Gasteiger partial charge on any atom is 0.230 e. The van der Waals surface area contributed by atoms with Gasteiger partial charge in [0.05, 0.1) is 35.6 Å². The molecule has 152 valence electrons. The number of pyridine rings is 1. The molecule has 1 fully saturated rings. The summed E-state index contributed by atoms with van der Waals surface area (Å²) in [4.78, 5) is 20.9. The number of thiophene rings is 1. The number of rotatable bonds is 7. The van der Waals surface area contributed by atoms with E-state index >= 15 is 0 Å². The van der Waals surface area contributed by atoms with E-state index < -0.39 is 0 Å². The lowest BCUT2D eigenvalue weighted by molar-refractivity contribution is -0.118. The maximum absolute atomic E-state index is 12.5. The van der Waals surface area contributed by atoms with Crippen LogP contribution < -0.4 is 5.32 Å². The van der Waals surface area contributed by atoms with Crippen molar-refractivity contribution >= 4 is 39.9 Å². The number of aryl methyl sites for hydroxylation is 1. The number of amides is 1. The van der Waals surface area contributed by atoms with Crippen LogP contribution in [-0.4, -0.2) is 54.4 Å². The lowest BCUT2D eigenvalue weighted by atomic mass is 10.1. The van der Waals surface area contributed by atoms with E-state index in [-0.39, 0.29) is 11.9 Å². The molecule has 0 unspecified atom stereocenters. The molecule has 2 aromatic heterocycles. The number of hydrogen-bond donors (Lipinski definition) is 1. The van der Waals surface area contributed by atoms with Gasteiger partial charge in [-0.3, -0.25) is 9.69 Å². The first-order valence-electron chi connectivity index (χ1n) is 9.82. The number of morpholine rings is 1. The first kappa shape index (κ1) is 20.3. The number of carbonyl (C=O) groups excluding carboxylic acids is 1. The number of aromatic nitrogens is 1. The van der Waals surface area contributed by atoms with Crippen LogP contribution >= 0.6 is 23.1 Å². The molecule has 3 aromatic rings. The fraction of sp³-hybridized carbons (Fsp3) is 0.364. The third-order valence-electron chi connectivity index (χ3n) is 5.10. The summed E-state index contributed by atoms with van der Waals surface area (Å²) in [5.74, 6) is 0.405. The third-order valence-corrected chi connectivity index (χ3v) is 6.99. The molecule has 7 heteroatoms. The van der Waals surface area contributed by atoms with Crippen molar-refractivity contribution in [3.63, 3.8) is 0 Å². The summed E-state index contributed by atoms with van der Waals surface area (Å²) in [6.07, 6.45) is 0. The summed E-state index contributed by atoms with van der Waals surface area (Å²) in [6, 6.07) is 14.6. The Bertz CT molecular complexity index is 956. The van der Waals surface area contributed by atoms with E-state index in [2.05, 4.69) is 51.8 Å². The van der Waals surface area contributed by atoms with E-state index in [1.165, 1.54) is 22.2 Å². The Balaban J connectivity index is 1.35. The number of para-hydroxylation sites is 1. The van der Waals surface area contributed by atoms with Gasteiger partial charge in [-0.15, -0.1) is 11.3 Å². The van der Waals surface area contributed by atoms with Gasteiger partial charge in [0.25, 0.3) is 0 Å². The van der Waals surface area contributed by atoms with Crippen molar-refractivity contribution in [3.8, 4) is 0 Å². The Hall–Kier alpha value is -1.93. The summed E-state index contributed by atoms with van der Waals surface area (Å²) >= 11 is 3.23. The van der Waals surface area contributed by atoms with Crippen molar-refractivity contribution in [2.24, 2.45) is 0 Å². The third kappa shape index (κ3) is 5.17. The zero-order valence-corrected chi connectivity index (χ0v) is 18.1. The van der Waals surface area contributed by atoms with E-state index in [9.17, 15) is 4.79 Å². The smallest absolute Gasteiger partial charge is 0.230 e. The topological polar surface area (TPSA) is 54.5 Å². The molecular weight excluding hydrogens is 402 g/mol. The number of ether oxygens (including phenoxy) is 1. The Morgan fingerprint density at radius 3 is 2.90 bits per heavy atom. The molecule has 1 aromatic carbocycles. The highest BCUT2D eigenvalue weighted by Gasteiger charge is 2.24. The first-order valence-corrected chi connectivity index (χ1v) is 11.7. The van der Waals surface area contributed by atoms with Crippen LogP contribution in [0.3, 0.4) is 0 Å². The quantitative estimate of drug-likeness (QED) is 0.580. The monoisotopic (exact) mass is 427 g/mol. The number of benzene rings is 1. The van der Waals surface area contributed by atoms with Gasteiger partial charge in [-0.25, -0.2) is 4.98 Å². The number of fused-ring (bicyclic) bond motifs is 1. The highest BCUT2D eigenvalue weighted by atomic mass is 32.2. The fourth-order valence-electron chi connectivity index (χ4n) is 3.57. The Morgan fingerprint density at radius 2 is 2.10 bits per heavy atom. The lowest BCUT2D eigenvalue weighted by Gasteiger charge is -2.34. The van der Waals surface area contributed by atoms with Crippen LogP contribution in [0.5, 0.6) is 0 Å². The molecular formula is C22H25N3O2S2. The van der Waals surface area contributed by atoms with Gasteiger partial charge < -0.3 is 10.1 Å². The van der Waals surface area contributed by atoms with Crippen molar-refractivity contribution in [1.29, 1.82) is 0 Å². The number of carbonyl (C=O) groups is 1. The van der Waals surface area contributed by atoms with Crippen LogP contribution in [0.15, 0.2) is 52.9 Å². The van der Waals surface area contributed by atoms with E-state index in [4.69, 9.17) is 4.74 Å². The Morgan fingerprint density at radius 1 is 1.28 bits per heavy atom. The fourth-order valence-corrected chi connectivity index (χ4v) is 5.24. The predicted octanol–water partition coefficient (Wildman–Crippen LogP) is 3.89. The molecule has 1 N–H and O–H groups in total. The molecule has 4 rings (SSSR count).